The van der Waals surface area contributed by atoms with Gasteiger partial charge in [-0.2, -0.15) is 5.10 Å². The molecule has 3 aromatic rings. The van der Waals surface area contributed by atoms with Gasteiger partial charge in [0.25, 0.3) is 11.8 Å². The lowest BCUT2D eigenvalue weighted by molar-refractivity contribution is 0.0670. The molecule has 170 valence electrons. The van der Waals surface area contributed by atoms with Gasteiger partial charge in [-0.1, -0.05) is 54.1 Å². The van der Waals surface area contributed by atoms with Gasteiger partial charge in [0.05, 0.1) is 6.54 Å². The Bertz CT molecular complexity index is 1150. The van der Waals surface area contributed by atoms with Crippen molar-refractivity contribution < 1.29 is 9.59 Å². The maximum absolute atomic E-state index is 13.1. The lowest BCUT2D eigenvalue weighted by atomic mass is 9.90. The summed E-state index contributed by atoms with van der Waals surface area (Å²) in [6, 6.07) is 19.7. The van der Waals surface area contributed by atoms with Crippen molar-refractivity contribution in [3.8, 4) is 0 Å². The molecule has 1 aromatic heterocycles. The molecule has 5 rings (SSSR count). The molecule has 7 heteroatoms. The number of aromatic nitrogens is 2. The van der Waals surface area contributed by atoms with E-state index in [9.17, 15) is 9.59 Å². The van der Waals surface area contributed by atoms with Gasteiger partial charge >= 0.3 is 0 Å². The first-order chi connectivity index (χ1) is 16.1. The molecular weight excluding hydrogens is 436 g/mol. The van der Waals surface area contributed by atoms with Crippen LogP contribution in [-0.2, 0) is 19.5 Å². The van der Waals surface area contributed by atoms with E-state index in [0.717, 1.165) is 37.9 Å². The number of nitrogens with zero attached hydrogens (tertiary/aromatic N) is 4. The molecule has 0 saturated carbocycles. The van der Waals surface area contributed by atoms with Gasteiger partial charge in [0.1, 0.15) is 5.69 Å². The van der Waals surface area contributed by atoms with Crippen LogP contribution in [0.25, 0.3) is 0 Å². The van der Waals surface area contributed by atoms with Crippen molar-refractivity contribution in [2.75, 3.05) is 19.6 Å². The summed E-state index contributed by atoms with van der Waals surface area (Å²) in [5.74, 6) is 0.409. The highest BCUT2D eigenvalue weighted by Gasteiger charge is 2.30. The fourth-order valence-electron chi connectivity index (χ4n) is 4.80. The lowest BCUT2D eigenvalue weighted by Gasteiger charge is -2.31. The first kappa shape index (κ1) is 21.7. The Kier molecular flexibility index (Phi) is 6.18. The molecule has 0 atom stereocenters. The van der Waals surface area contributed by atoms with Gasteiger partial charge in [-0.05, 0) is 48.4 Å². The van der Waals surface area contributed by atoms with E-state index >= 15 is 0 Å². The molecule has 0 spiro atoms. The predicted molar refractivity (Wildman–Crippen MR) is 127 cm³/mol. The molecule has 6 nitrogen and oxygen atoms in total. The first-order valence-corrected chi connectivity index (χ1v) is 11.9. The molecule has 2 aromatic carbocycles. The number of piperidine rings is 1. The minimum Gasteiger partial charge on any atom is -0.337 e. The van der Waals surface area contributed by atoms with Gasteiger partial charge < -0.3 is 9.80 Å². The van der Waals surface area contributed by atoms with Crippen molar-refractivity contribution in [1.29, 1.82) is 0 Å². The van der Waals surface area contributed by atoms with E-state index in [4.69, 9.17) is 11.6 Å². The molecule has 0 aliphatic carbocycles. The van der Waals surface area contributed by atoms with Gasteiger partial charge in [-0.3, -0.25) is 14.3 Å². The van der Waals surface area contributed by atoms with Crippen LogP contribution in [0.5, 0.6) is 0 Å². The Morgan fingerprint density at radius 1 is 0.939 bits per heavy atom. The quantitative estimate of drug-likeness (QED) is 0.568. The third-order valence-corrected chi connectivity index (χ3v) is 6.85. The molecule has 2 aliphatic heterocycles. The average molecular weight is 463 g/mol. The van der Waals surface area contributed by atoms with Crippen LogP contribution in [-0.4, -0.2) is 51.0 Å². The van der Waals surface area contributed by atoms with E-state index in [1.165, 1.54) is 5.56 Å². The van der Waals surface area contributed by atoms with Crippen LogP contribution in [0.4, 0.5) is 0 Å². The number of amides is 2. The molecule has 2 aliphatic rings. The average Bonchev–Trinajstić information content (AvgIpc) is 3.27. The van der Waals surface area contributed by atoms with E-state index in [2.05, 4.69) is 29.4 Å². The number of rotatable bonds is 5. The summed E-state index contributed by atoms with van der Waals surface area (Å²) in [4.78, 5) is 29.8. The second-order valence-corrected chi connectivity index (χ2v) is 9.36. The van der Waals surface area contributed by atoms with Crippen LogP contribution in [0.2, 0.25) is 5.02 Å². The number of likely N-dealkylation sites (tertiary alicyclic amines) is 1. The zero-order chi connectivity index (χ0) is 22.8. The Balaban J connectivity index is 1.21. The summed E-state index contributed by atoms with van der Waals surface area (Å²) < 4.78 is 1.67. The predicted octanol–water partition coefficient (Wildman–Crippen LogP) is 4.29. The Morgan fingerprint density at radius 3 is 2.45 bits per heavy atom. The first-order valence-electron chi connectivity index (χ1n) is 11.5. The summed E-state index contributed by atoms with van der Waals surface area (Å²) in [5, 5.41) is 5.13. The van der Waals surface area contributed by atoms with Gasteiger partial charge in [-0.25, -0.2) is 0 Å². The zero-order valence-electron chi connectivity index (χ0n) is 18.5. The molecule has 33 heavy (non-hydrogen) atoms. The van der Waals surface area contributed by atoms with Crippen LogP contribution >= 0.6 is 11.6 Å². The number of fused-ring (bicyclic) bond motifs is 1. The van der Waals surface area contributed by atoms with E-state index < -0.39 is 0 Å². The number of hydrogen-bond acceptors (Lipinski definition) is 3. The van der Waals surface area contributed by atoms with Crippen molar-refractivity contribution in [2.24, 2.45) is 5.92 Å². The highest BCUT2D eigenvalue weighted by atomic mass is 35.5. The summed E-state index contributed by atoms with van der Waals surface area (Å²) in [6.45, 7) is 3.08. The monoisotopic (exact) mass is 462 g/mol. The van der Waals surface area contributed by atoms with Crippen LogP contribution in [0.1, 0.15) is 44.9 Å². The SMILES string of the molecule is O=C(c1cc2n(n1)CCN(Cc1cccc(Cl)c1)C2=O)N1CCC(Cc2ccccc2)CC1. The van der Waals surface area contributed by atoms with Gasteiger partial charge in [0.2, 0.25) is 0 Å². The fraction of sp³-hybridized carbons (Fsp3) is 0.346. The summed E-state index contributed by atoms with van der Waals surface area (Å²) in [5.41, 5.74) is 3.18. The molecule has 0 N–H and O–H groups in total. The molecule has 2 amide bonds. The van der Waals surface area contributed by atoms with Crippen molar-refractivity contribution in [2.45, 2.75) is 32.4 Å². The number of carbonyl (C=O) groups is 2. The molecule has 3 heterocycles. The van der Waals surface area contributed by atoms with Crippen LogP contribution < -0.4 is 0 Å². The summed E-state index contributed by atoms with van der Waals surface area (Å²) in [7, 11) is 0. The molecular formula is C26H27ClN4O2. The molecule has 1 fully saturated rings. The minimum absolute atomic E-state index is 0.0794. The highest BCUT2D eigenvalue weighted by molar-refractivity contribution is 6.30. The molecule has 1 saturated heterocycles. The summed E-state index contributed by atoms with van der Waals surface area (Å²) >= 11 is 6.08. The second-order valence-electron chi connectivity index (χ2n) is 8.92. The van der Waals surface area contributed by atoms with Gasteiger partial charge in [-0.15, -0.1) is 0 Å². The number of carbonyl (C=O) groups excluding carboxylic acids is 2. The highest BCUT2D eigenvalue weighted by Crippen LogP contribution is 2.24. The molecule has 0 unspecified atom stereocenters. The number of halogens is 1. The van der Waals surface area contributed by atoms with Crippen LogP contribution in [0.15, 0.2) is 60.7 Å². The Hall–Kier alpha value is -3.12. The largest absolute Gasteiger partial charge is 0.337 e. The standard InChI is InChI=1S/C26H27ClN4O2/c27-22-8-4-7-21(16-22)18-30-13-14-31-24(26(30)33)17-23(28-31)25(32)29-11-9-20(10-12-29)15-19-5-2-1-3-6-19/h1-8,16-17,20H,9-15,18H2. The number of hydrogen-bond donors (Lipinski definition) is 0. The van der Waals surface area contributed by atoms with E-state index in [1.54, 1.807) is 15.6 Å². The maximum Gasteiger partial charge on any atom is 0.274 e. The van der Waals surface area contributed by atoms with E-state index in [1.807, 2.05) is 35.2 Å². The Labute approximate surface area is 198 Å². The number of benzene rings is 2. The van der Waals surface area contributed by atoms with Crippen molar-refractivity contribution in [1.82, 2.24) is 19.6 Å². The van der Waals surface area contributed by atoms with E-state index in [0.29, 0.717) is 42.0 Å². The summed E-state index contributed by atoms with van der Waals surface area (Å²) in [6.07, 6.45) is 3.03. The normalized spacial score (nSPS) is 16.7. The molecule has 0 bridgehead atoms. The third-order valence-electron chi connectivity index (χ3n) is 6.62. The maximum atomic E-state index is 13.1. The fourth-order valence-corrected chi connectivity index (χ4v) is 5.01. The molecule has 0 radical (unpaired) electrons. The minimum atomic E-state index is -0.102. The lowest BCUT2D eigenvalue weighted by Crippen LogP contribution is -2.40. The van der Waals surface area contributed by atoms with Gasteiger partial charge in [0, 0.05) is 37.3 Å². The van der Waals surface area contributed by atoms with Crippen molar-refractivity contribution in [3.63, 3.8) is 0 Å². The smallest absolute Gasteiger partial charge is 0.274 e. The topological polar surface area (TPSA) is 58.4 Å². The van der Waals surface area contributed by atoms with Crippen molar-refractivity contribution >= 4 is 23.4 Å². The zero-order valence-corrected chi connectivity index (χ0v) is 19.2. The van der Waals surface area contributed by atoms with Crippen LogP contribution in [0, 0.1) is 5.92 Å². The third kappa shape index (κ3) is 4.81. The van der Waals surface area contributed by atoms with Crippen LogP contribution in [0.3, 0.4) is 0 Å². The van der Waals surface area contributed by atoms with E-state index in [-0.39, 0.29) is 11.8 Å². The van der Waals surface area contributed by atoms with Crippen molar-refractivity contribution in [3.05, 3.63) is 88.2 Å². The van der Waals surface area contributed by atoms with Gasteiger partial charge in [0.15, 0.2) is 5.69 Å². The second kappa shape index (κ2) is 9.40. The Morgan fingerprint density at radius 2 is 1.70 bits per heavy atom.